The van der Waals surface area contributed by atoms with Gasteiger partial charge in [-0.2, -0.15) is 5.26 Å². The van der Waals surface area contributed by atoms with E-state index in [0.29, 0.717) is 5.92 Å². The van der Waals surface area contributed by atoms with E-state index in [1.54, 1.807) is 6.08 Å². The molecule has 128 valence electrons. The van der Waals surface area contributed by atoms with Crippen molar-refractivity contribution in [2.75, 3.05) is 18.5 Å². The first-order chi connectivity index (χ1) is 11.2. The van der Waals surface area contributed by atoms with E-state index in [0.717, 1.165) is 24.1 Å². The summed E-state index contributed by atoms with van der Waals surface area (Å²) >= 11 is 0. The van der Waals surface area contributed by atoms with Crippen LogP contribution in [0.5, 0.6) is 0 Å². The minimum atomic E-state index is -0.348. The van der Waals surface area contributed by atoms with Gasteiger partial charge in [0.05, 0.1) is 0 Å². The van der Waals surface area contributed by atoms with Gasteiger partial charge in [0.1, 0.15) is 11.6 Å². The number of benzene rings is 1. The molecule has 1 aliphatic rings. The molecule has 0 radical (unpaired) electrons. The van der Waals surface area contributed by atoms with Crippen molar-refractivity contribution >= 4 is 17.7 Å². The first-order valence-corrected chi connectivity index (χ1v) is 8.51. The SMILES string of the molecule is CCN1c2cc(C)c(/C=C(\C#N)C(=O)NC)cc2C(C)CC1(C)C. The van der Waals surface area contributed by atoms with E-state index in [1.807, 2.05) is 13.0 Å². The quantitative estimate of drug-likeness (QED) is 0.680. The minimum Gasteiger partial charge on any atom is -0.366 e. The molecule has 1 unspecified atom stereocenters. The summed E-state index contributed by atoms with van der Waals surface area (Å²) in [6.45, 7) is 12.0. The average Bonchev–Trinajstić information content (AvgIpc) is 2.52. The first kappa shape index (κ1) is 18.1. The molecule has 4 heteroatoms. The summed E-state index contributed by atoms with van der Waals surface area (Å²) in [6, 6.07) is 6.33. The van der Waals surface area contributed by atoms with Gasteiger partial charge < -0.3 is 10.2 Å². The molecule has 24 heavy (non-hydrogen) atoms. The number of anilines is 1. The maximum atomic E-state index is 11.8. The number of nitriles is 1. The van der Waals surface area contributed by atoms with E-state index in [9.17, 15) is 10.1 Å². The number of fused-ring (bicyclic) bond motifs is 1. The van der Waals surface area contributed by atoms with Crippen LogP contribution >= 0.6 is 0 Å². The van der Waals surface area contributed by atoms with Gasteiger partial charge in [-0.25, -0.2) is 0 Å². The predicted octanol–water partition coefficient (Wildman–Crippen LogP) is 3.76. The van der Waals surface area contributed by atoms with Gasteiger partial charge in [0.2, 0.25) is 0 Å². The van der Waals surface area contributed by atoms with Gasteiger partial charge in [-0.05, 0) is 74.9 Å². The fourth-order valence-corrected chi connectivity index (χ4v) is 3.84. The third-order valence-electron chi connectivity index (χ3n) is 4.98. The van der Waals surface area contributed by atoms with E-state index in [2.05, 4.69) is 50.0 Å². The molecule has 0 aliphatic carbocycles. The molecule has 0 bridgehead atoms. The van der Waals surface area contributed by atoms with Crippen LogP contribution in [0.4, 0.5) is 5.69 Å². The molecule has 1 heterocycles. The van der Waals surface area contributed by atoms with Crippen LogP contribution in [0.2, 0.25) is 0 Å². The molecule has 4 nitrogen and oxygen atoms in total. The molecule has 1 aliphatic heterocycles. The Kier molecular flexibility index (Phi) is 5.03. The van der Waals surface area contributed by atoms with E-state index >= 15 is 0 Å². The molecule has 0 aromatic heterocycles. The van der Waals surface area contributed by atoms with Crippen LogP contribution in [-0.2, 0) is 4.79 Å². The highest BCUT2D eigenvalue weighted by Crippen LogP contribution is 2.44. The number of carbonyl (C=O) groups is 1. The largest absolute Gasteiger partial charge is 0.366 e. The summed E-state index contributed by atoms with van der Waals surface area (Å²) in [5.41, 5.74) is 4.85. The third kappa shape index (κ3) is 3.17. The van der Waals surface area contributed by atoms with Gasteiger partial charge in [0, 0.05) is 24.8 Å². The van der Waals surface area contributed by atoms with Crippen LogP contribution in [0.1, 0.15) is 56.7 Å². The van der Waals surface area contributed by atoms with Crippen molar-refractivity contribution in [2.45, 2.75) is 52.5 Å². The molecule has 1 amide bonds. The van der Waals surface area contributed by atoms with Gasteiger partial charge in [-0.3, -0.25) is 4.79 Å². The van der Waals surface area contributed by atoms with Gasteiger partial charge in [-0.1, -0.05) is 6.92 Å². The number of hydrogen-bond acceptors (Lipinski definition) is 3. The van der Waals surface area contributed by atoms with E-state index < -0.39 is 0 Å². The summed E-state index contributed by atoms with van der Waals surface area (Å²) in [5, 5.41) is 11.7. The Morgan fingerprint density at radius 1 is 1.50 bits per heavy atom. The zero-order chi connectivity index (χ0) is 18.1. The van der Waals surface area contributed by atoms with Crippen molar-refractivity contribution in [1.82, 2.24) is 5.32 Å². The normalized spacial score (nSPS) is 19.5. The second-order valence-electron chi connectivity index (χ2n) is 7.18. The first-order valence-electron chi connectivity index (χ1n) is 8.51. The van der Waals surface area contributed by atoms with Crippen molar-refractivity contribution in [2.24, 2.45) is 0 Å². The molecular weight excluding hydrogens is 298 g/mol. The zero-order valence-electron chi connectivity index (χ0n) is 15.5. The predicted molar refractivity (Wildman–Crippen MR) is 99.0 cm³/mol. The summed E-state index contributed by atoms with van der Waals surface area (Å²) < 4.78 is 0. The third-order valence-corrected chi connectivity index (χ3v) is 4.98. The monoisotopic (exact) mass is 325 g/mol. The average molecular weight is 325 g/mol. The van der Waals surface area contributed by atoms with Crippen LogP contribution < -0.4 is 10.2 Å². The summed E-state index contributed by atoms with van der Waals surface area (Å²) in [5.74, 6) is 0.0927. The molecule has 0 fully saturated rings. The van der Waals surface area contributed by atoms with Crippen molar-refractivity contribution < 1.29 is 4.79 Å². The lowest BCUT2D eigenvalue weighted by molar-refractivity contribution is -0.116. The molecule has 1 aromatic carbocycles. The lowest BCUT2D eigenvalue weighted by Gasteiger charge is -2.47. The highest BCUT2D eigenvalue weighted by atomic mass is 16.1. The van der Waals surface area contributed by atoms with Gasteiger partial charge in [0.15, 0.2) is 0 Å². The Morgan fingerprint density at radius 2 is 2.17 bits per heavy atom. The maximum Gasteiger partial charge on any atom is 0.261 e. The van der Waals surface area contributed by atoms with E-state index in [4.69, 9.17) is 0 Å². The van der Waals surface area contributed by atoms with Gasteiger partial charge in [0.25, 0.3) is 5.91 Å². The molecule has 2 rings (SSSR count). The number of hydrogen-bond donors (Lipinski definition) is 1. The Bertz CT molecular complexity index is 725. The lowest BCUT2D eigenvalue weighted by atomic mass is 9.79. The smallest absolute Gasteiger partial charge is 0.261 e. The maximum absolute atomic E-state index is 11.8. The number of amides is 1. The number of likely N-dealkylation sites (N-methyl/N-ethyl adjacent to an activating group) is 1. The van der Waals surface area contributed by atoms with Gasteiger partial charge in [-0.15, -0.1) is 0 Å². The summed E-state index contributed by atoms with van der Waals surface area (Å²) in [4.78, 5) is 14.2. The van der Waals surface area contributed by atoms with Gasteiger partial charge >= 0.3 is 0 Å². The van der Waals surface area contributed by atoms with Crippen LogP contribution in [0.15, 0.2) is 17.7 Å². The number of carbonyl (C=O) groups excluding carboxylic acids is 1. The Hall–Kier alpha value is -2.28. The lowest BCUT2D eigenvalue weighted by Crippen LogP contribution is -2.48. The standard InChI is InChI=1S/C20H27N3O/c1-7-23-18-8-13(2)15(9-16(12-21)19(24)22-6)10-17(18)14(3)11-20(23,4)5/h8-10,14H,7,11H2,1-6H3,(H,22,24)/b16-9+. The van der Waals surface area contributed by atoms with E-state index in [1.165, 1.54) is 18.3 Å². The summed E-state index contributed by atoms with van der Waals surface area (Å²) in [6.07, 6.45) is 2.78. The molecule has 1 N–H and O–H groups in total. The Balaban J connectivity index is 2.59. The van der Waals surface area contributed by atoms with Crippen LogP contribution in [0.25, 0.3) is 6.08 Å². The number of nitrogens with one attached hydrogen (secondary N) is 1. The molecule has 0 saturated carbocycles. The number of nitrogens with zero attached hydrogens (tertiary/aromatic N) is 2. The van der Waals surface area contributed by atoms with E-state index in [-0.39, 0.29) is 17.0 Å². The highest BCUT2D eigenvalue weighted by Gasteiger charge is 2.35. The Morgan fingerprint density at radius 3 is 2.71 bits per heavy atom. The zero-order valence-corrected chi connectivity index (χ0v) is 15.5. The second kappa shape index (κ2) is 6.68. The highest BCUT2D eigenvalue weighted by molar-refractivity contribution is 6.01. The van der Waals surface area contributed by atoms with Crippen LogP contribution in [0, 0.1) is 18.3 Å². The minimum absolute atomic E-state index is 0.130. The number of rotatable bonds is 3. The molecule has 1 atom stereocenters. The molecule has 1 aromatic rings. The van der Waals surface area contributed by atoms with Crippen molar-refractivity contribution in [3.8, 4) is 6.07 Å². The summed E-state index contributed by atoms with van der Waals surface area (Å²) in [7, 11) is 1.54. The molecule has 0 spiro atoms. The Labute approximate surface area is 145 Å². The van der Waals surface area contributed by atoms with Crippen LogP contribution in [-0.4, -0.2) is 25.0 Å². The second-order valence-corrected chi connectivity index (χ2v) is 7.18. The van der Waals surface area contributed by atoms with Crippen molar-refractivity contribution in [3.05, 3.63) is 34.4 Å². The fraction of sp³-hybridized carbons (Fsp3) is 0.500. The molecule has 0 saturated heterocycles. The van der Waals surface area contributed by atoms with Crippen LogP contribution in [0.3, 0.4) is 0 Å². The molecular formula is C20H27N3O. The fourth-order valence-electron chi connectivity index (χ4n) is 3.84. The van der Waals surface area contributed by atoms with Crippen molar-refractivity contribution in [1.29, 1.82) is 5.26 Å². The number of aryl methyl sites for hydroxylation is 1. The van der Waals surface area contributed by atoms with Crippen molar-refractivity contribution in [3.63, 3.8) is 0 Å². The topological polar surface area (TPSA) is 56.1 Å².